The number of fused-ring (bicyclic) bond motifs is 2. The smallest absolute Gasteiger partial charge is 0.260 e. The van der Waals surface area contributed by atoms with Crippen LogP contribution in [0, 0.1) is 12.7 Å². The Morgan fingerprint density at radius 3 is 2.86 bits per heavy atom. The number of pyridine rings is 3. The van der Waals surface area contributed by atoms with Crippen LogP contribution >= 0.6 is 11.3 Å². The summed E-state index contributed by atoms with van der Waals surface area (Å²) in [4.78, 5) is 18.1. The van der Waals surface area contributed by atoms with Gasteiger partial charge in [-0.15, -0.1) is 21.5 Å². The first kappa shape index (κ1) is 17.7. The highest BCUT2D eigenvalue weighted by Crippen LogP contribution is 2.29. The van der Waals surface area contributed by atoms with Gasteiger partial charge < -0.3 is 4.57 Å². The summed E-state index contributed by atoms with van der Waals surface area (Å²) in [7, 11) is 0. The number of nitrogens with zero attached hydrogens (tertiary/aromatic N) is 5. The van der Waals surface area contributed by atoms with Crippen LogP contribution in [0.2, 0.25) is 0 Å². The van der Waals surface area contributed by atoms with Gasteiger partial charge in [0, 0.05) is 29.0 Å². The molecule has 5 rings (SSSR count). The average molecular weight is 405 g/mol. The SMILES string of the molecule is Cc1csc(-c2cc(F)c3nnc([C@H](C)n4ccc5ncccc5c4=O)n3c2)c1. The van der Waals surface area contributed by atoms with Crippen LogP contribution in [-0.2, 0) is 0 Å². The summed E-state index contributed by atoms with van der Waals surface area (Å²) in [5, 5.41) is 10.8. The van der Waals surface area contributed by atoms with Gasteiger partial charge in [0.05, 0.1) is 16.9 Å². The van der Waals surface area contributed by atoms with E-state index in [1.54, 1.807) is 50.9 Å². The molecule has 0 unspecified atom stereocenters. The Labute approximate surface area is 168 Å². The summed E-state index contributed by atoms with van der Waals surface area (Å²) in [5.41, 5.74) is 2.47. The fourth-order valence-corrected chi connectivity index (χ4v) is 4.37. The van der Waals surface area contributed by atoms with Crippen molar-refractivity contribution in [3.8, 4) is 10.4 Å². The van der Waals surface area contributed by atoms with Crippen LogP contribution in [0.1, 0.15) is 24.4 Å². The molecule has 0 aromatic carbocycles. The van der Waals surface area contributed by atoms with Crippen LogP contribution in [0.4, 0.5) is 4.39 Å². The lowest BCUT2D eigenvalue weighted by Crippen LogP contribution is -2.25. The van der Waals surface area contributed by atoms with Gasteiger partial charge in [0.25, 0.3) is 5.56 Å². The van der Waals surface area contributed by atoms with Crippen molar-refractivity contribution in [3.05, 3.63) is 81.9 Å². The average Bonchev–Trinajstić information content (AvgIpc) is 3.34. The van der Waals surface area contributed by atoms with E-state index >= 15 is 0 Å². The second-order valence-corrected chi connectivity index (χ2v) is 7.87. The largest absolute Gasteiger partial charge is 0.304 e. The lowest BCUT2D eigenvalue weighted by atomic mass is 10.2. The third-order valence-electron chi connectivity index (χ3n) is 4.99. The minimum atomic E-state index is -0.449. The first-order valence-corrected chi connectivity index (χ1v) is 9.96. The summed E-state index contributed by atoms with van der Waals surface area (Å²) >= 11 is 1.55. The van der Waals surface area contributed by atoms with Gasteiger partial charge in [-0.05, 0) is 55.1 Å². The quantitative estimate of drug-likeness (QED) is 0.451. The molecule has 0 aliphatic carbocycles. The third-order valence-corrected chi connectivity index (χ3v) is 6.09. The summed E-state index contributed by atoms with van der Waals surface area (Å²) in [6, 6.07) is 8.30. The van der Waals surface area contributed by atoms with Crippen molar-refractivity contribution >= 4 is 27.9 Å². The number of aryl methyl sites for hydroxylation is 1. The zero-order valence-corrected chi connectivity index (χ0v) is 16.5. The predicted molar refractivity (Wildman–Crippen MR) is 111 cm³/mol. The lowest BCUT2D eigenvalue weighted by Gasteiger charge is -2.14. The number of thiophene rings is 1. The Morgan fingerprint density at radius 1 is 1.21 bits per heavy atom. The van der Waals surface area contributed by atoms with Gasteiger partial charge in [-0.1, -0.05) is 0 Å². The van der Waals surface area contributed by atoms with Crippen molar-refractivity contribution in [1.82, 2.24) is 24.1 Å². The summed E-state index contributed by atoms with van der Waals surface area (Å²) in [6.07, 6.45) is 5.16. The molecule has 144 valence electrons. The van der Waals surface area contributed by atoms with Crippen LogP contribution < -0.4 is 5.56 Å². The molecule has 5 heterocycles. The topological polar surface area (TPSA) is 65.1 Å². The monoisotopic (exact) mass is 405 g/mol. The van der Waals surface area contributed by atoms with Crippen molar-refractivity contribution in [1.29, 1.82) is 0 Å². The lowest BCUT2D eigenvalue weighted by molar-refractivity contribution is 0.575. The first-order chi connectivity index (χ1) is 14.0. The van der Waals surface area contributed by atoms with E-state index in [0.717, 1.165) is 16.0 Å². The number of rotatable bonds is 3. The zero-order valence-electron chi connectivity index (χ0n) is 15.7. The minimum Gasteiger partial charge on any atom is -0.304 e. The molecule has 0 aliphatic rings. The molecule has 0 radical (unpaired) electrons. The van der Waals surface area contributed by atoms with Crippen LogP contribution in [0.3, 0.4) is 0 Å². The molecule has 0 bridgehead atoms. The molecule has 8 heteroatoms. The van der Waals surface area contributed by atoms with Crippen LogP contribution in [0.25, 0.3) is 27.0 Å². The maximum Gasteiger partial charge on any atom is 0.260 e. The molecule has 0 spiro atoms. The molecular weight excluding hydrogens is 389 g/mol. The van der Waals surface area contributed by atoms with E-state index < -0.39 is 11.9 Å². The number of hydrogen-bond acceptors (Lipinski definition) is 5. The molecular formula is C21H16FN5OS. The highest BCUT2D eigenvalue weighted by atomic mass is 32.1. The zero-order chi connectivity index (χ0) is 20.1. The molecule has 0 saturated carbocycles. The normalized spacial score (nSPS) is 12.7. The maximum absolute atomic E-state index is 14.7. The van der Waals surface area contributed by atoms with Crippen molar-refractivity contribution in [2.24, 2.45) is 0 Å². The molecule has 0 saturated heterocycles. The number of hydrogen-bond donors (Lipinski definition) is 0. The summed E-state index contributed by atoms with van der Waals surface area (Å²) < 4.78 is 17.9. The Balaban J connectivity index is 1.68. The molecule has 1 atom stereocenters. The molecule has 0 fully saturated rings. The fourth-order valence-electron chi connectivity index (χ4n) is 3.49. The molecule has 29 heavy (non-hydrogen) atoms. The van der Waals surface area contributed by atoms with Crippen molar-refractivity contribution < 1.29 is 4.39 Å². The molecule has 5 aromatic rings. The Morgan fingerprint density at radius 2 is 2.07 bits per heavy atom. The van der Waals surface area contributed by atoms with Crippen LogP contribution in [0.5, 0.6) is 0 Å². The highest BCUT2D eigenvalue weighted by Gasteiger charge is 2.20. The number of halogens is 1. The molecule has 6 nitrogen and oxygen atoms in total. The summed E-state index contributed by atoms with van der Waals surface area (Å²) in [6.45, 7) is 3.85. The van der Waals surface area contributed by atoms with Gasteiger partial charge in [0.1, 0.15) is 0 Å². The van der Waals surface area contributed by atoms with E-state index in [1.807, 2.05) is 31.5 Å². The number of aromatic nitrogens is 5. The van der Waals surface area contributed by atoms with Crippen molar-refractivity contribution in [2.45, 2.75) is 19.9 Å². The van der Waals surface area contributed by atoms with Gasteiger partial charge in [-0.2, -0.15) is 0 Å². The van der Waals surface area contributed by atoms with Crippen molar-refractivity contribution in [3.63, 3.8) is 0 Å². The maximum atomic E-state index is 14.7. The van der Waals surface area contributed by atoms with E-state index in [0.29, 0.717) is 16.7 Å². The summed E-state index contributed by atoms with van der Waals surface area (Å²) in [5.74, 6) is 0.0360. The fraction of sp³-hybridized carbons (Fsp3) is 0.143. The third kappa shape index (κ3) is 2.84. The second kappa shape index (κ2) is 6.59. The standard InChI is InChI=1S/C21H16FN5OS/c1-12-8-18(29-11-12)14-9-16(22)20-25-24-19(27(20)10-14)13(2)26-7-5-17-15(21(26)28)4-3-6-23-17/h3-11,13H,1-2H3/t13-/m0/s1. The van der Waals surface area contributed by atoms with Gasteiger partial charge >= 0.3 is 0 Å². The van der Waals surface area contributed by atoms with E-state index in [1.165, 1.54) is 6.07 Å². The Kier molecular flexibility index (Phi) is 4.02. The van der Waals surface area contributed by atoms with Gasteiger partial charge in [-0.25, -0.2) is 4.39 Å². The van der Waals surface area contributed by atoms with Gasteiger partial charge in [0.2, 0.25) is 0 Å². The van der Waals surface area contributed by atoms with Crippen molar-refractivity contribution in [2.75, 3.05) is 0 Å². The molecule has 0 aliphatic heterocycles. The van der Waals surface area contributed by atoms with Gasteiger partial charge in [0.15, 0.2) is 17.3 Å². The molecule has 5 aromatic heterocycles. The Bertz CT molecular complexity index is 1430. The van der Waals surface area contributed by atoms with Gasteiger partial charge in [-0.3, -0.25) is 14.2 Å². The Hall–Kier alpha value is -3.39. The highest BCUT2D eigenvalue weighted by molar-refractivity contribution is 7.13. The van der Waals surface area contributed by atoms with E-state index in [9.17, 15) is 9.18 Å². The van der Waals surface area contributed by atoms with E-state index in [2.05, 4.69) is 15.2 Å². The molecule has 0 N–H and O–H groups in total. The first-order valence-electron chi connectivity index (χ1n) is 9.08. The molecule has 0 amide bonds. The van der Waals surface area contributed by atoms with Crippen LogP contribution in [-0.4, -0.2) is 24.1 Å². The van der Waals surface area contributed by atoms with Crippen LogP contribution in [0.15, 0.2) is 59.1 Å². The minimum absolute atomic E-state index is 0.138. The predicted octanol–water partition coefficient (Wildman–Crippen LogP) is 4.22. The van der Waals surface area contributed by atoms with E-state index in [4.69, 9.17) is 0 Å². The van der Waals surface area contributed by atoms with E-state index in [-0.39, 0.29) is 11.2 Å². The second-order valence-electron chi connectivity index (χ2n) is 6.96.